The van der Waals surface area contributed by atoms with Crippen LogP contribution in [0.1, 0.15) is 17.5 Å². The van der Waals surface area contributed by atoms with Crippen molar-refractivity contribution in [2.75, 3.05) is 34.7 Å². The molecular formula is C31H32FN9. The van der Waals surface area contributed by atoms with Crippen LogP contribution in [0.3, 0.4) is 0 Å². The fraction of sp³-hybridized carbons (Fsp3) is 0.258. The van der Waals surface area contributed by atoms with E-state index in [0.29, 0.717) is 22.8 Å². The molecular weight excluding hydrogens is 517 g/mol. The van der Waals surface area contributed by atoms with E-state index in [9.17, 15) is 4.39 Å². The van der Waals surface area contributed by atoms with Crippen molar-refractivity contribution in [1.29, 1.82) is 0 Å². The molecule has 6 rings (SSSR count). The van der Waals surface area contributed by atoms with Crippen molar-refractivity contribution in [3.05, 3.63) is 78.1 Å². The average Bonchev–Trinajstić information content (AvgIpc) is 3.56. The van der Waals surface area contributed by atoms with Gasteiger partial charge in [0.25, 0.3) is 0 Å². The van der Waals surface area contributed by atoms with Gasteiger partial charge in [0.2, 0.25) is 0 Å². The number of aromatic nitrogens is 7. The van der Waals surface area contributed by atoms with Crippen LogP contribution >= 0.6 is 0 Å². The van der Waals surface area contributed by atoms with Crippen LogP contribution in [0, 0.1) is 5.82 Å². The summed E-state index contributed by atoms with van der Waals surface area (Å²) in [5.41, 5.74) is 8.20. The monoisotopic (exact) mass is 549 g/mol. The summed E-state index contributed by atoms with van der Waals surface area (Å²) in [5.74, 6) is 0.331. The molecule has 0 aliphatic heterocycles. The third-order valence-electron chi connectivity index (χ3n) is 7.00. The van der Waals surface area contributed by atoms with E-state index in [1.165, 1.54) is 0 Å². The van der Waals surface area contributed by atoms with Crippen molar-refractivity contribution in [1.82, 2.24) is 44.9 Å². The minimum Gasteiger partial charge on any atom is -0.335 e. The molecule has 0 aliphatic rings. The lowest BCUT2D eigenvalue weighted by atomic mass is 10.0. The van der Waals surface area contributed by atoms with Crippen LogP contribution in [0.5, 0.6) is 0 Å². The number of halogens is 1. The van der Waals surface area contributed by atoms with Crippen molar-refractivity contribution in [2.45, 2.75) is 19.4 Å². The number of aromatic amines is 2. The average molecular weight is 550 g/mol. The Morgan fingerprint density at radius 2 is 1.66 bits per heavy atom. The van der Waals surface area contributed by atoms with Crippen molar-refractivity contribution >= 4 is 22.2 Å². The Morgan fingerprint density at radius 3 is 2.49 bits per heavy atom. The summed E-state index contributed by atoms with van der Waals surface area (Å²) >= 11 is 0. The minimum absolute atomic E-state index is 0.255. The predicted octanol–water partition coefficient (Wildman–Crippen LogP) is 5.32. The molecule has 0 aliphatic carbocycles. The first kappa shape index (κ1) is 26.7. The third kappa shape index (κ3) is 5.70. The van der Waals surface area contributed by atoms with Crippen LogP contribution in [-0.2, 0) is 13.0 Å². The number of imidazole rings is 1. The van der Waals surface area contributed by atoms with Gasteiger partial charge < -0.3 is 14.8 Å². The summed E-state index contributed by atoms with van der Waals surface area (Å²) in [4.78, 5) is 25.9. The van der Waals surface area contributed by atoms with Gasteiger partial charge in [-0.3, -0.25) is 10.1 Å². The van der Waals surface area contributed by atoms with E-state index in [2.05, 4.69) is 46.0 Å². The molecule has 0 amide bonds. The zero-order chi connectivity index (χ0) is 28.5. The number of hydrogen-bond acceptors (Lipinski definition) is 7. The number of hydrogen-bond donors (Lipinski definition) is 2. The molecule has 41 heavy (non-hydrogen) atoms. The maximum Gasteiger partial charge on any atom is 0.181 e. The van der Waals surface area contributed by atoms with Crippen molar-refractivity contribution in [3.63, 3.8) is 0 Å². The molecule has 2 N–H and O–H groups in total. The Bertz CT molecular complexity index is 1840. The van der Waals surface area contributed by atoms with Gasteiger partial charge in [-0.2, -0.15) is 5.10 Å². The van der Waals surface area contributed by atoms with E-state index in [1.807, 2.05) is 65.0 Å². The summed E-state index contributed by atoms with van der Waals surface area (Å²) in [6.45, 7) is 1.74. The van der Waals surface area contributed by atoms with Gasteiger partial charge >= 0.3 is 0 Å². The highest BCUT2D eigenvalue weighted by Gasteiger charge is 2.17. The lowest BCUT2D eigenvalue weighted by molar-refractivity contribution is 0.400. The first-order valence-corrected chi connectivity index (χ1v) is 13.6. The van der Waals surface area contributed by atoms with Gasteiger partial charge in [-0.15, -0.1) is 0 Å². The molecule has 0 spiro atoms. The van der Waals surface area contributed by atoms with Crippen LogP contribution in [0.4, 0.5) is 4.39 Å². The highest BCUT2D eigenvalue weighted by molar-refractivity contribution is 5.96. The predicted molar refractivity (Wildman–Crippen MR) is 160 cm³/mol. The highest BCUT2D eigenvalue weighted by atomic mass is 19.1. The van der Waals surface area contributed by atoms with Gasteiger partial charge in [-0.05, 0) is 94.6 Å². The van der Waals surface area contributed by atoms with E-state index < -0.39 is 0 Å². The van der Waals surface area contributed by atoms with Gasteiger partial charge in [-0.25, -0.2) is 19.3 Å². The van der Waals surface area contributed by atoms with Crippen molar-refractivity contribution < 1.29 is 4.39 Å². The molecule has 6 aromatic rings. The first-order chi connectivity index (χ1) is 19.8. The van der Waals surface area contributed by atoms with Gasteiger partial charge in [-0.1, -0.05) is 6.07 Å². The zero-order valence-electron chi connectivity index (χ0n) is 23.6. The highest BCUT2D eigenvalue weighted by Crippen LogP contribution is 2.32. The Labute approximate surface area is 237 Å². The molecule has 0 fully saturated rings. The van der Waals surface area contributed by atoms with E-state index in [-0.39, 0.29) is 5.82 Å². The Hall–Kier alpha value is -4.54. The quantitative estimate of drug-likeness (QED) is 0.252. The summed E-state index contributed by atoms with van der Waals surface area (Å²) in [7, 11) is 8.15. The maximum absolute atomic E-state index is 14.7. The summed E-state index contributed by atoms with van der Waals surface area (Å²) < 4.78 is 14.7. The number of benzene rings is 1. The van der Waals surface area contributed by atoms with Gasteiger partial charge in [0.05, 0.1) is 10.9 Å². The van der Waals surface area contributed by atoms with Crippen molar-refractivity contribution in [3.8, 4) is 33.8 Å². The standard InChI is InChI=1S/C31H32FN9/c1-40(2)9-5-6-19-10-21(13-24(32)12-19)25-7-8-34-30-27(25)36-31(37-30)28-26-14-23(17-35-29(26)39-38-28)22-11-20(15-33-16-22)18-41(3)4/h7-8,10-17H,5-6,9,18H2,1-4H3,(H,34,36,37)(H,35,38,39). The second-order valence-corrected chi connectivity index (χ2v) is 10.9. The Balaban J connectivity index is 1.37. The smallest absolute Gasteiger partial charge is 0.181 e. The first-order valence-electron chi connectivity index (χ1n) is 13.6. The number of aryl methyl sites for hydroxylation is 1. The number of rotatable bonds is 9. The molecule has 10 heteroatoms. The van der Waals surface area contributed by atoms with E-state index in [0.717, 1.165) is 70.2 Å². The fourth-order valence-electron chi connectivity index (χ4n) is 5.15. The summed E-state index contributed by atoms with van der Waals surface area (Å²) in [6.07, 6.45) is 8.98. The number of nitrogens with zero attached hydrogens (tertiary/aromatic N) is 7. The number of fused-ring (bicyclic) bond motifs is 2. The topological polar surface area (TPSA) is 103 Å². The molecule has 5 aromatic heterocycles. The number of H-pyrrole nitrogens is 2. The van der Waals surface area contributed by atoms with Crippen LogP contribution in [-0.4, -0.2) is 79.7 Å². The lowest BCUT2D eigenvalue weighted by Gasteiger charge is -2.10. The fourth-order valence-corrected chi connectivity index (χ4v) is 5.15. The molecule has 0 radical (unpaired) electrons. The second-order valence-electron chi connectivity index (χ2n) is 10.9. The SMILES string of the molecule is CN(C)CCCc1cc(F)cc(-c2ccnc3nc(-c4[nH]nc5ncc(-c6cncc(CN(C)C)c6)cc45)[nH]c23)c1. The van der Waals surface area contributed by atoms with E-state index in [1.54, 1.807) is 18.3 Å². The molecule has 0 bridgehead atoms. The molecule has 0 atom stereocenters. The molecule has 0 unspecified atom stereocenters. The molecule has 5 heterocycles. The minimum atomic E-state index is -0.255. The lowest BCUT2D eigenvalue weighted by Crippen LogP contribution is -2.13. The number of nitrogens with one attached hydrogen (secondary N) is 2. The normalized spacial score (nSPS) is 11.9. The van der Waals surface area contributed by atoms with Gasteiger partial charge in [0, 0.05) is 48.0 Å². The largest absolute Gasteiger partial charge is 0.335 e. The summed E-state index contributed by atoms with van der Waals surface area (Å²) in [5, 5.41) is 8.34. The van der Waals surface area contributed by atoms with Crippen LogP contribution < -0.4 is 0 Å². The maximum atomic E-state index is 14.7. The van der Waals surface area contributed by atoms with Crippen LogP contribution in [0.2, 0.25) is 0 Å². The Kier molecular flexibility index (Phi) is 7.25. The molecule has 1 aromatic carbocycles. The molecule has 208 valence electrons. The molecule has 0 saturated heterocycles. The molecule has 9 nitrogen and oxygen atoms in total. The second kappa shape index (κ2) is 11.1. The zero-order valence-corrected chi connectivity index (χ0v) is 23.6. The van der Waals surface area contributed by atoms with Gasteiger partial charge in [0.1, 0.15) is 11.5 Å². The van der Waals surface area contributed by atoms with E-state index in [4.69, 9.17) is 4.98 Å². The van der Waals surface area contributed by atoms with E-state index >= 15 is 0 Å². The number of pyridine rings is 3. The Morgan fingerprint density at radius 1 is 0.829 bits per heavy atom. The van der Waals surface area contributed by atoms with Crippen LogP contribution in [0.15, 0.2) is 61.2 Å². The van der Waals surface area contributed by atoms with Gasteiger partial charge in [0.15, 0.2) is 17.1 Å². The van der Waals surface area contributed by atoms with Crippen molar-refractivity contribution in [2.24, 2.45) is 0 Å². The summed E-state index contributed by atoms with van der Waals surface area (Å²) in [6, 6.07) is 11.3. The molecule has 0 saturated carbocycles. The third-order valence-corrected chi connectivity index (χ3v) is 7.00. The van der Waals surface area contributed by atoms with Crippen LogP contribution in [0.25, 0.3) is 56.0 Å².